The van der Waals surface area contributed by atoms with Crippen molar-refractivity contribution in [2.45, 2.75) is 60.0 Å². The lowest BCUT2D eigenvalue weighted by Crippen LogP contribution is -2.49. The van der Waals surface area contributed by atoms with E-state index in [1.807, 2.05) is 0 Å². The molecule has 15 heavy (non-hydrogen) atoms. The number of hydrogen-bond donors (Lipinski definition) is 1. The highest BCUT2D eigenvalue weighted by Gasteiger charge is 2.25. The van der Waals surface area contributed by atoms with Crippen LogP contribution in [0, 0.1) is 5.41 Å². The van der Waals surface area contributed by atoms with Crippen LogP contribution in [-0.4, -0.2) is 37.1 Å². The molecule has 0 saturated heterocycles. The summed E-state index contributed by atoms with van der Waals surface area (Å²) in [6.45, 7) is 16.1. The summed E-state index contributed by atoms with van der Waals surface area (Å²) in [6, 6.07) is 1.20. The van der Waals surface area contributed by atoms with E-state index < -0.39 is 0 Å². The van der Waals surface area contributed by atoms with Crippen molar-refractivity contribution in [2.75, 3.05) is 20.1 Å². The van der Waals surface area contributed by atoms with Crippen LogP contribution in [0.5, 0.6) is 0 Å². The van der Waals surface area contributed by atoms with Crippen molar-refractivity contribution in [3.05, 3.63) is 0 Å². The van der Waals surface area contributed by atoms with Gasteiger partial charge in [0.05, 0.1) is 0 Å². The fraction of sp³-hybridized carbons (Fsp3) is 1.00. The van der Waals surface area contributed by atoms with E-state index in [1.54, 1.807) is 0 Å². The quantitative estimate of drug-likeness (QED) is 0.731. The van der Waals surface area contributed by atoms with E-state index in [9.17, 15) is 0 Å². The Bertz CT molecular complexity index is 158. The molecule has 1 atom stereocenters. The standard InChI is InChI=1S/C13H30N2/c1-8-9-15(11(2)3)10-12(14-7)13(4,5)6/h11-12,14H,8-10H2,1-7H3. The van der Waals surface area contributed by atoms with Gasteiger partial charge >= 0.3 is 0 Å². The van der Waals surface area contributed by atoms with Crippen LogP contribution in [-0.2, 0) is 0 Å². The van der Waals surface area contributed by atoms with Gasteiger partial charge in [-0.1, -0.05) is 27.7 Å². The molecule has 92 valence electrons. The fourth-order valence-electron chi connectivity index (χ4n) is 1.88. The van der Waals surface area contributed by atoms with E-state index in [0.717, 1.165) is 6.54 Å². The molecule has 0 aliphatic carbocycles. The van der Waals surface area contributed by atoms with Crippen molar-refractivity contribution in [2.24, 2.45) is 5.41 Å². The Balaban J connectivity index is 4.35. The molecule has 0 heterocycles. The maximum atomic E-state index is 3.44. The van der Waals surface area contributed by atoms with Crippen LogP contribution in [0.1, 0.15) is 48.0 Å². The fourth-order valence-corrected chi connectivity index (χ4v) is 1.88. The SMILES string of the molecule is CCCN(CC(NC)C(C)(C)C)C(C)C. The predicted molar refractivity (Wildman–Crippen MR) is 69.3 cm³/mol. The first kappa shape index (κ1) is 14.9. The molecule has 2 heteroatoms. The number of nitrogens with one attached hydrogen (secondary N) is 1. The van der Waals surface area contributed by atoms with Crippen LogP contribution >= 0.6 is 0 Å². The second-order valence-corrected chi connectivity index (χ2v) is 5.80. The minimum absolute atomic E-state index is 0.329. The van der Waals surface area contributed by atoms with E-state index in [0.29, 0.717) is 17.5 Å². The first-order valence-electron chi connectivity index (χ1n) is 6.24. The molecular formula is C13H30N2. The van der Waals surface area contributed by atoms with E-state index >= 15 is 0 Å². The van der Waals surface area contributed by atoms with Gasteiger partial charge in [-0.2, -0.15) is 0 Å². The third-order valence-corrected chi connectivity index (χ3v) is 3.05. The Hall–Kier alpha value is -0.0800. The van der Waals surface area contributed by atoms with Gasteiger partial charge in [0, 0.05) is 18.6 Å². The van der Waals surface area contributed by atoms with Gasteiger partial charge in [-0.25, -0.2) is 0 Å². The van der Waals surface area contributed by atoms with Gasteiger partial charge in [0.1, 0.15) is 0 Å². The van der Waals surface area contributed by atoms with Gasteiger partial charge < -0.3 is 5.32 Å². The van der Waals surface area contributed by atoms with Gasteiger partial charge in [0.25, 0.3) is 0 Å². The largest absolute Gasteiger partial charge is 0.315 e. The lowest BCUT2D eigenvalue weighted by Gasteiger charge is -2.37. The Labute approximate surface area is 96.4 Å². The predicted octanol–water partition coefficient (Wildman–Crippen LogP) is 2.74. The van der Waals surface area contributed by atoms with E-state index in [4.69, 9.17) is 0 Å². The summed E-state index contributed by atoms with van der Waals surface area (Å²) in [5.74, 6) is 0. The molecule has 0 radical (unpaired) electrons. The lowest BCUT2D eigenvalue weighted by atomic mass is 9.86. The average molecular weight is 214 g/mol. The highest BCUT2D eigenvalue weighted by molar-refractivity contribution is 4.83. The minimum Gasteiger partial charge on any atom is -0.315 e. The summed E-state index contributed by atoms with van der Waals surface area (Å²) in [5, 5.41) is 3.44. The molecule has 0 aromatic carbocycles. The van der Waals surface area contributed by atoms with Crippen LogP contribution in [0.3, 0.4) is 0 Å². The van der Waals surface area contributed by atoms with Crippen LogP contribution < -0.4 is 5.32 Å². The molecule has 0 fully saturated rings. The van der Waals surface area contributed by atoms with Gasteiger partial charge in [0.2, 0.25) is 0 Å². The molecule has 0 aromatic rings. The third kappa shape index (κ3) is 5.53. The Kier molecular flexibility index (Phi) is 6.46. The highest BCUT2D eigenvalue weighted by Crippen LogP contribution is 2.20. The molecule has 0 bridgehead atoms. The van der Waals surface area contributed by atoms with Crippen molar-refractivity contribution in [1.29, 1.82) is 0 Å². The van der Waals surface area contributed by atoms with Crippen molar-refractivity contribution in [3.63, 3.8) is 0 Å². The molecule has 0 rings (SSSR count). The Morgan fingerprint density at radius 2 is 1.73 bits per heavy atom. The molecule has 0 spiro atoms. The van der Waals surface area contributed by atoms with Crippen LogP contribution in [0.25, 0.3) is 0 Å². The molecule has 0 aliphatic heterocycles. The van der Waals surface area contributed by atoms with Crippen LogP contribution in [0.2, 0.25) is 0 Å². The number of hydrogen-bond acceptors (Lipinski definition) is 2. The highest BCUT2D eigenvalue weighted by atomic mass is 15.2. The molecule has 0 amide bonds. The van der Waals surface area contributed by atoms with Gasteiger partial charge in [-0.05, 0) is 39.3 Å². The molecule has 1 N–H and O–H groups in total. The zero-order valence-corrected chi connectivity index (χ0v) is 11.7. The average Bonchev–Trinajstić information content (AvgIpc) is 2.09. The Morgan fingerprint density at radius 3 is 2.00 bits per heavy atom. The van der Waals surface area contributed by atoms with E-state index in [-0.39, 0.29) is 0 Å². The lowest BCUT2D eigenvalue weighted by molar-refractivity contribution is 0.151. The maximum Gasteiger partial charge on any atom is 0.0240 e. The van der Waals surface area contributed by atoms with E-state index in [1.165, 1.54) is 13.0 Å². The normalized spacial score (nSPS) is 15.0. The minimum atomic E-state index is 0.329. The zero-order chi connectivity index (χ0) is 12.1. The van der Waals surface area contributed by atoms with Crippen molar-refractivity contribution in [3.8, 4) is 0 Å². The summed E-state index contributed by atoms with van der Waals surface area (Å²) in [4.78, 5) is 2.56. The maximum absolute atomic E-state index is 3.44. The number of nitrogens with zero attached hydrogens (tertiary/aromatic N) is 1. The van der Waals surface area contributed by atoms with Crippen molar-refractivity contribution >= 4 is 0 Å². The van der Waals surface area contributed by atoms with Crippen LogP contribution in [0.15, 0.2) is 0 Å². The summed E-state index contributed by atoms with van der Waals surface area (Å²) in [6.07, 6.45) is 1.23. The van der Waals surface area contributed by atoms with Gasteiger partial charge in [-0.15, -0.1) is 0 Å². The first-order valence-corrected chi connectivity index (χ1v) is 6.24. The molecule has 1 unspecified atom stereocenters. The van der Waals surface area contributed by atoms with Gasteiger partial charge in [-0.3, -0.25) is 4.90 Å². The molecule has 2 nitrogen and oxygen atoms in total. The Morgan fingerprint density at radius 1 is 1.20 bits per heavy atom. The topological polar surface area (TPSA) is 15.3 Å². The van der Waals surface area contributed by atoms with E-state index in [2.05, 4.69) is 58.8 Å². The second-order valence-electron chi connectivity index (χ2n) is 5.80. The second kappa shape index (κ2) is 6.49. The van der Waals surface area contributed by atoms with Gasteiger partial charge in [0.15, 0.2) is 0 Å². The molecule has 0 saturated carbocycles. The molecular weight excluding hydrogens is 184 g/mol. The molecule has 0 aromatic heterocycles. The number of likely N-dealkylation sites (N-methyl/N-ethyl adjacent to an activating group) is 1. The van der Waals surface area contributed by atoms with Crippen LogP contribution in [0.4, 0.5) is 0 Å². The summed E-state index contributed by atoms with van der Waals surface area (Å²) < 4.78 is 0. The van der Waals surface area contributed by atoms with Crippen molar-refractivity contribution in [1.82, 2.24) is 10.2 Å². The zero-order valence-electron chi connectivity index (χ0n) is 11.7. The summed E-state index contributed by atoms with van der Waals surface area (Å²) in [5.41, 5.74) is 0.329. The monoisotopic (exact) mass is 214 g/mol. The van der Waals surface area contributed by atoms with Crippen molar-refractivity contribution < 1.29 is 0 Å². The number of rotatable bonds is 6. The summed E-state index contributed by atoms with van der Waals surface area (Å²) in [7, 11) is 2.07. The molecule has 0 aliphatic rings. The smallest absolute Gasteiger partial charge is 0.0240 e. The summed E-state index contributed by atoms with van der Waals surface area (Å²) >= 11 is 0. The third-order valence-electron chi connectivity index (χ3n) is 3.05. The first-order chi connectivity index (χ1) is 6.82.